The Morgan fingerprint density at radius 2 is 1.97 bits per heavy atom. The lowest BCUT2D eigenvalue weighted by Gasteiger charge is -2.13. The second-order valence-corrected chi connectivity index (χ2v) is 6.56. The molecule has 3 aromatic rings. The predicted molar refractivity (Wildman–Crippen MR) is 109 cm³/mol. The number of carbonyl (C=O) groups is 3. The van der Waals surface area contributed by atoms with Gasteiger partial charge in [-0.15, -0.1) is 0 Å². The number of carboxylic acid groups (broad SMARTS) is 1. The molecule has 0 radical (unpaired) electrons. The molecule has 1 aromatic carbocycles. The Kier molecular flexibility index (Phi) is 5.86. The van der Waals surface area contributed by atoms with Crippen LogP contribution in [0.5, 0.6) is 0 Å². The van der Waals surface area contributed by atoms with Crippen LogP contribution < -0.4 is 16.4 Å². The van der Waals surface area contributed by atoms with Crippen LogP contribution in [0, 0.1) is 6.92 Å². The van der Waals surface area contributed by atoms with Gasteiger partial charge in [-0.25, -0.2) is 14.6 Å². The van der Waals surface area contributed by atoms with E-state index in [1.54, 1.807) is 0 Å². The van der Waals surface area contributed by atoms with Crippen LogP contribution in [0.3, 0.4) is 0 Å². The standard InChI is InChI=1S/C20H21N5O5/c1-3-11-6-4-5-10(2)15(11)24-20(29)25-18-16(17(21)26)22-14(23-18)9-12-7-8-13(30-12)19(27)28/h4-8H,3,9H2,1-2H3,(H2,21,26)(H,22,23)(H,27,28)(H2,24,25,29). The van der Waals surface area contributed by atoms with Gasteiger partial charge in [-0.2, -0.15) is 0 Å². The third-order valence-corrected chi connectivity index (χ3v) is 4.42. The molecule has 0 aliphatic carbocycles. The number of hydrogen-bond donors (Lipinski definition) is 5. The summed E-state index contributed by atoms with van der Waals surface area (Å²) < 4.78 is 5.18. The lowest BCUT2D eigenvalue weighted by molar-refractivity contribution is 0.0660. The van der Waals surface area contributed by atoms with E-state index in [2.05, 4.69) is 20.6 Å². The van der Waals surface area contributed by atoms with Gasteiger partial charge in [0.15, 0.2) is 5.69 Å². The molecule has 0 saturated heterocycles. The van der Waals surface area contributed by atoms with Crippen molar-refractivity contribution in [3.8, 4) is 0 Å². The van der Waals surface area contributed by atoms with Crippen LogP contribution in [0.25, 0.3) is 0 Å². The fraction of sp³-hybridized carbons (Fsp3) is 0.200. The summed E-state index contributed by atoms with van der Waals surface area (Å²) in [6.45, 7) is 3.86. The van der Waals surface area contributed by atoms with E-state index in [0.29, 0.717) is 11.4 Å². The summed E-state index contributed by atoms with van der Waals surface area (Å²) in [5.41, 5.74) is 7.78. The molecule has 10 nitrogen and oxygen atoms in total. The molecule has 0 aliphatic rings. The highest BCUT2D eigenvalue weighted by Crippen LogP contribution is 2.22. The Balaban J connectivity index is 1.79. The number of amides is 3. The van der Waals surface area contributed by atoms with Crippen molar-refractivity contribution in [3.05, 3.63) is 64.5 Å². The Hall–Kier alpha value is -4.08. The normalized spacial score (nSPS) is 10.6. The number of carboxylic acids is 1. The molecule has 0 saturated carbocycles. The minimum atomic E-state index is -1.19. The van der Waals surface area contributed by atoms with E-state index >= 15 is 0 Å². The molecule has 0 bridgehead atoms. The smallest absolute Gasteiger partial charge is 0.371 e. The van der Waals surface area contributed by atoms with E-state index in [1.807, 2.05) is 32.0 Å². The van der Waals surface area contributed by atoms with E-state index in [9.17, 15) is 14.4 Å². The molecule has 30 heavy (non-hydrogen) atoms. The molecule has 6 N–H and O–H groups in total. The summed E-state index contributed by atoms with van der Waals surface area (Å²) >= 11 is 0. The quantitative estimate of drug-likeness (QED) is 0.401. The van der Waals surface area contributed by atoms with Gasteiger partial charge in [0.1, 0.15) is 17.4 Å². The van der Waals surface area contributed by atoms with E-state index in [4.69, 9.17) is 15.3 Å². The van der Waals surface area contributed by atoms with Gasteiger partial charge in [-0.3, -0.25) is 10.1 Å². The van der Waals surface area contributed by atoms with Crippen LogP contribution in [0.15, 0.2) is 34.7 Å². The second-order valence-electron chi connectivity index (χ2n) is 6.56. The number of nitrogens with one attached hydrogen (secondary N) is 3. The van der Waals surface area contributed by atoms with Crippen LogP contribution in [0.4, 0.5) is 16.3 Å². The van der Waals surface area contributed by atoms with Crippen molar-refractivity contribution >= 4 is 29.4 Å². The van der Waals surface area contributed by atoms with Crippen molar-refractivity contribution in [1.29, 1.82) is 0 Å². The van der Waals surface area contributed by atoms with E-state index in [0.717, 1.165) is 17.5 Å². The molecular formula is C20H21N5O5. The average Bonchev–Trinajstić information content (AvgIpc) is 3.31. The van der Waals surface area contributed by atoms with Gasteiger partial charge in [-0.1, -0.05) is 25.1 Å². The highest BCUT2D eigenvalue weighted by atomic mass is 16.4. The number of aromatic nitrogens is 2. The van der Waals surface area contributed by atoms with Crippen LogP contribution in [0.1, 0.15) is 50.7 Å². The first kappa shape index (κ1) is 20.6. The summed E-state index contributed by atoms with van der Waals surface area (Å²) in [5, 5.41) is 14.3. The first-order chi connectivity index (χ1) is 14.3. The molecule has 0 atom stereocenters. The Bertz CT molecular complexity index is 1110. The minimum Gasteiger partial charge on any atom is -0.475 e. The Morgan fingerprint density at radius 1 is 1.20 bits per heavy atom. The van der Waals surface area contributed by atoms with E-state index < -0.39 is 17.9 Å². The summed E-state index contributed by atoms with van der Waals surface area (Å²) in [6, 6.07) is 7.94. The van der Waals surface area contributed by atoms with Gasteiger partial charge in [0, 0.05) is 5.69 Å². The number of H-pyrrole nitrogens is 1. The molecule has 2 heterocycles. The van der Waals surface area contributed by atoms with Crippen molar-refractivity contribution in [1.82, 2.24) is 9.97 Å². The molecule has 2 aromatic heterocycles. The Morgan fingerprint density at radius 3 is 2.60 bits per heavy atom. The topological polar surface area (TPSA) is 163 Å². The molecule has 156 valence electrons. The predicted octanol–water partition coefficient (Wildman–Crippen LogP) is 2.91. The monoisotopic (exact) mass is 411 g/mol. The number of aromatic amines is 1. The number of hydrogen-bond acceptors (Lipinski definition) is 5. The van der Waals surface area contributed by atoms with Crippen molar-refractivity contribution in [2.45, 2.75) is 26.7 Å². The number of urea groups is 1. The lowest BCUT2D eigenvalue weighted by Crippen LogP contribution is -2.23. The van der Waals surface area contributed by atoms with Gasteiger partial charge in [-0.05, 0) is 36.6 Å². The number of imidazole rings is 1. The number of furan rings is 1. The summed E-state index contributed by atoms with van der Waals surface area (Å²) in [7, 11) is 0. The molecule has 0 aliphatic heterocycles. The van der Waals surface area contributed by atoms with E-state index in [-0.39, 0.29) is 29.5 Å². The SMILES string of the molecule is CCc1cccc(C)c1NC(=O)Nc1[nH]c(Cc2ccc(C(=O)O)o2)nc1C(N)=O. The van der Waals surface area contributed by atoms with Gasteiger partial charge < -0.3 is 25.6 Å². The summed E-state index contributed by atoms with van der Waals surface area (Å²) in [6.07, 6.45) is 0.814. The van der Waals surface area contributed by atoms with Gasteiger partial charge in [0.05, 0.1) is 6.42 Å². The molecule has 0 fully saturated rings. The van der Waals surface area contributed by atoms with Crippen molar-refractivity contribution < 1.29 is 23.9 Å². The number of aryl methyl sites for hydroxylation is 2. The highest BCUT2D eigenvalue weighted by molar-refractivity contribution is 6.04. The van der Waals surface area contributed by atoms with Gasteiger partial charge in [0.25, 0.3) is 5.91 Å². The molecule has 3 rings (SSSR count). The highest BCUT2D eigenvalue weighted by Gasteiger charge is 2.19. The van der Waals surface area contributed by atoms with Crippen molar-refractivity contribution in [2.75, 3.05) is 10.6 Å². The first-order valence-electron chi connectivity index (χ1n) is 9.15. The van der Waals surface area contributed by atoms with Gasteiger partial charge >= 0.3 is 12.0 Å². The van der Waals surface area contributed by atoms with Crippen LogP contribution in [-0.2, 0) is 12.8 Å². The number of rotatable bonds is 7. The average molecular weight is 411 g/mol. The number of para-hydroxylation sites is 1. The number of nitrogens with zero attached hydrogens (tertiary/aromatic N) is 1. The van der Waals surface area contributed by atoms with Crippen LogP contribution in [-0.4, -0.2) is 33.0 Å². The maximum absolute atomic E-state index is 12.5. The number of nitrogens with two attached hydrogens (primary N) is 1. The largest absolute Gasteiger partial charge is 0.475 e. The summed E-state index contributed by atoms with van der Waals surface area (Å²) in [5.74, 6) is -1.61. The molecule has 3 amide bonds. The molecule has 0 unspecified atom stereocenters. The van der Waals surface area contributed by atoms with Crippen molar-refractivity contribution in [3.63, 3.8) is 0 Å². The zero-order chi connectivity index (χ0) is 21.8. The molecular weight excluding hydrogens is 390 g/mol. The van der Waals surface area contributed by atoms with Crippen LogP contribution in [0.2, 0.25) is 0 Å². The maximum Gasteiger partial charge on any atom is 0.371 e. The number of primary amides is 1. The second kappa shape index (κ2) is 8.52. The number of benzene rings is 1. The summed E-state index contributed by atoms with van der Waals surface area (Å²) in [4.78, 5) is 42.1. The van der Waals surface area contributed by atoms with E-state index in [1.165, 1.54) is 12.1 Å². The van der Waals surface area contributed by atoms with Crippen LogP contribution >= 0.6 is 0 Å². The minimum absolute atomic E-state index is 0.0339. The molecule has 10 heteroatoms. The van der Waals surface area contributed by atoms with Gasteiger partial charge in [0.2, 0.25) is 5.76 Å². The molecule has 0 spiro atoms. The number of aromatic carboxylic acids is 1. The third kappa shape index (κ3) is 4.49. The Labute approximate surface area is 171 Å². The zero-order valence-electron chi connectivity index (χ0n) is 16.4. The third-order valence-electron chi connectivity index (χ3n) is 4.42. The fourth-order valence-corrected chi connectivity index (χ4v) is 2.99. The number of anilines is 2. The van der Waals surface area contributed by atoms with Crippen molar-refractivity contribution in [2.24, 2.45) is 5.73 Å². The maximum atomic E-state index is 12.5. The first-order valence-corrected chi connectivity index (χ1v) is 9.15. The number of carbonyl (C=O) groups excluding carboxylic acids is 2. The lowest BCUT2D eigenvalue weighted by atomic mass is 10.1. The fourth-order valence-electron chi connectivity index (χ4n) is 2.99. The zero-order valence-corrected chi connectivity index (χ0v) is 16.4.